The topological polar surface area (TPSA) is 43.4 Å². The van der Waals surface area contributed by atoms with Gasteiger partial charge in [0.05, 0.1) is 7.11 Å². The van der Waals surface area contributed by atoms with Gasteiger partial charge in [-0.25, -0.2) is 4.79 Å². The summed E-state index contributed by atoms with van der Waals surface area (Å²) in [6.07, 6.45) is 0. The summed E-state index contributed by atoms with van der Waals surface area (Å²) in [4.78, 5) is 22.9. The number of methoxy groups -OCH3 is 1. The van der Waals surface area contributed by atoms with Crippen molar-refractivity contribution in [1.29, 1.82) is 0 Å². The molecule has 1 aromatic rings. The van der Waals surface area contributed by atoms with Gasteiger partial charge in [0.1, 0.15) is 5.57 Å². The van der Waals surface area contributed by atoms with E-state index in [1.165, 1.54) is 14.0 Å². The monoisotopic (exact) mass is 218 g/mol. The number of esters is 1. The Labute approximate surface area is 94.7 Å². The number of allylic oxidation sites excluding steroid dienone is 1. The average molecular weight is 218 g/mol. The molecule has 0 aliphatic heterocycles. The number of carbonyl (C=O) groups is 2. The molecule has 0 heterocycles. The Morgan fingerprint density at radius 2 is 1.62 bits per heavy atom. The lowest BCUT2D eigenvalue weighted by molar-refractivity contribution is -0.137. The molecule has 0 aliphatic rings. The highest BCUT2D eigenvalue weighted by atomic mass is 16.5. The molecule has 0 unspecified atom stereocenters. The smallest absolute Gasteiger partial charge is 0.341 e. The number of hydrogen-bond donors (Lipinski definition) is 0. The van der Waals surface area contributed by atoms with Crippen molar-refractivity contribution < 1.29 is 14.3 Å². The van der Waals surface area contributed by atoms with Crippen molar-refractivity contribution in [3.05, 3.63) is 41.5 Å². The van der Waals surface area contributed by atoms with Crippen molar-refractivity contribution in [3.8, 4) is 0 Å². The summed E-state index contributed by atoms with van der Waals surface area (Å²) in [6.45, 7) is 3.10. The van der Waals surface area contributed by atoms with Crippen LogP contribution in [0.3, 0.4) is 0 Å². The Morgan fingerprint density at radius 1 is 1.06 bits per heavy atom. The lowest BCUT2D eigenvalue weighted by Gasteiger charge is -2.07. The second-order valence-corrected chi connectivity index (χ2v) is 3.41. The van der Waals surface area contributed by atoms with Crippen molar-refractivity contribution in [3.63, 3.8) is 0 Å². The molecular formula is C13H14O3. The van der Waals surface area contributed by atoms with Gasteiger partial charge in [-0.05, 0) is 25.0 Å². The predicted molar refractivity (Wildman–Crippen MR) is 61.7 cm³/mol. The normalized spacial score (nSPS) is 11.7. The van der Waals surface area contributed by atoms with Crippen LogP contribution < -0.4 is 0 Å². The molecule has 1 rings (SSSR count). The van der Waals surface area contributed by atoms with Gasteiger partial charge in [-0.1, -0.05) is 30.3 Å². The second-order valence-electron chi connectivity index (χ2n) is 3.41. The van der Waals surface area contributed by atoms with Crippen LogP contribution in [0.1, 0.15) is 19.4 Å². The van der Waals surface area contributed by atoms with Gasteiger partial charge < -0.3 is 4.74 Å². The molecule has 0 radical (unpaired) electrons. The number of benzene rings is 1. The van der Waals surface area contributed by atoms with E-state index in [0.29, 0.717) is 5.57 Å². The summed E-state index contributed by atoms with van der Waals surface area (Å²) < 4.78 is 4.60. The van der Waals surface area contributed by atoms with E-state index in [0.717, 1.165) is 5.56 Å². The lowest BCUT2D eigenvalue weighted by Crippen LogP contribution is -2.13. The summed E-state index contributed by atoms with van der Waals surface area (Å²) in [5.41, 5.74) is 1.59. The molecule has 0 N–H and O–H groups in total. The van der Waals surface area contributed by atoms with E-state index in [9.17, 15) is 9.59 Å². The first-order chi connectivity index (χ1) is 7.57. The molecule has 0 atom stereocenters. The molecule has 3 heteroatoms. The quantitative estimate of drug-likeness (QED) is 0.338. The van der Waals surface area contributed by atoms with E-state index in [2.05, 4.69) is 4.74 Å². The molecular weight excluding hydrogens is 204 g/mol. The minimum atomic E-state index is -0.589. The third-order valence-electron chi connectivity index (χ3n) is 2.32. The van der Waals surface area contributed by atoms with Gasteiger partial charge in [-0.3, -0.25) is 4.79 Å². The van der Waals surface area contributed by atoms with E-state index in [1.807, 2.05) is 30.3 Å². The molecule has 3 nitrogen and oxygen atoms in total. The Balaban J connectivity index is 3.28. The van der Waals surface area contributed by atoms with Gasteiger partial charge in [0, 0.05) is 0 Å². The van der Waals surface area contributed by atoms with Crippen LogP contribution in [-0.2, 0) is 14.3 Å². The molecule has 0 spiro atoms. The van der Waals surface area contributed by atoms with Crippen LogP contribution in [0, 0.1) is 0 Å². The molecule has 0 amide bonds. The predicted octanol–water partition coefficient (Wildman–Crippen LogP) is 2.22. The van der Waals surface area contributed by atoms with Crippen LogP contribution in [0.4, 0.5) is 0 Å². The first kappa shape index (κ1) is 12.2. The van der Waals surface area contributed by atoms with Crippen LogP contribution in [-0.4, -0.2) is 18.9 Å². The van der Waals surface area contributed by atoms with Crippen molar-refractivity contribution in [1.82, 2.24) is 0 Å². The zero-order valence-corrected chi connectivity index (χ0v) is 9.61. The van der Waals surface area contributed by atoms with Crippen LogP contribution in [0.5, 0.6) is 0 Å². The van der Waals surface area contributed by atoms with Crippen LogP contribution in [0.25, 0.3) is 5.57 Å². The molecule has 0 fully saturated rings. The van der Waals surface area contributed by atoms with E-state index in [-0.39, 0.29) is 11.4 Å². The summed E-state index contributed by atoms with van der Waals surface area (Å²) in [6, 6.07) is 9.28. The summed E-state index contributed by atoms with van der Waals surface area (Å²) in [5.74, 6) is -0.873. The molecule has 0 bridgehead atoms. The van der Waals surface area contributed by atoms with Gasteiger partial charge in [-0.2, -0.15) is 0 Å². The van der Waals surface area contributed by atoms with Crippen LogP contribution in [0.2, 0.25) is 0 Å². The second kappa shape index (κ2) is 5.26. The zero-order valence-electron chi connectivity index (χ0n) is 9.61. The number of carbonyl (C=O) groups excluding carboxylic acids is 2. The first-order valence-corrected chi connectivity index (χ1v) is 4.93. The van der Waals surface area contributed by atoms with Crippen molar-refractivity contribution in [2.45, 2.75) is 13.8 Å². The van der Waals surface area contributed by atoms with Gasteiger partial charge in [0.2, 0.25) is 0 Å². The average Bonchev–Trinajstić information content (AvgIpc) is 2.29. The fourth-order valence-corrected chi connectivity index (χ4v) is 1.50. The fraction of sp³-hybridized carbons (Fsp3) is 0.231. The van der Waals surface area contributed by atoms with Gasteiger partial charge in [-0.15, -0.1) is 0 Å². The maximum absolute atomic E-state index is 11.5. The molecule has 0 aliphatic carbocycles. The third kappa shape index (κ3) is 2.57. The van der Waals surface area contributed by atoms with E-state index >= 15 is 0 Å². The summed E-state index contributed by atoms with van der Waals surface area (Å²) in [7, 11) is 1.27. The molecule has 1 aromatic carbocycles. The zero-order chi connectivity index (χ0) is 12.1. The highest BCUT2D eigenvalue weighted by Gasteiger charge is 2.18. The highest BCUT2D eigenvalue weighted by Crippen LogP contribution is 2.19. The fourth-order valence-electron chi connectivity index (χ4n) is 1.50. The van der Waals surface area contributed by atoms with Crippen molar-refractivity contribution in [2.75, 3.05) is 7.11 Å². The Kier molecular flexibility index (Phi) is 4.00. The lowest BCUT2D eigenvalue weighted by atomic mass is 9.99. The SMILES string of the molecule is COC(=O)/C(C(C)=O)=C(/C)c1ccccc1. The summed E-state index contributed by atoms with van der Waals surface area (Å²) >= 11 is 0. The van der Waals surface area contributed by atoms with Gasteiger partial charge >= 0.3 is 5.97 Å². The Morgan fingerprint density at radius 3 is 2.06 bits per heavy atom. The first-order valence-electron chi connectivity index (χ1n) is 4.93. The number of Topliss-reactive ketones (excluding diaryl/α,β-unsaturated/α-hetero) is 1. The molecule has 84 valence electrons. The number of ether oxygens (including phenoxy) is 1. The van der Waals surface area contributed by atoms with Crippen LogP contribution in [0.15, 0.2) is 35.9 Å². The number of ketones is 1. The molecule has 0 aromatic heterocycles. The van der Waals surface area contributed by atoms with Crippen LogP contribution >= 0.6 is 0 Å². The summed E-state index contributed by atoms with van der Waals surface area (Å²) in [5, 5.41) is 0. The largest absolute Gasteiger partial charge is 0.465 e. The molecule has 0 saturated carbocycles. The molecule has 0 saturated heterocycles. The van der Waals surface area contributed by atoms with Gasteiger partial charge in [0.15, 0.2) is 5.78 Å². The van der Waals surface area contributed by atoms with Crippen molar-refractivity contribution in [2.24, 2.45) is 0 Å². The highest BCUT2D eigenvalue weighted by molar-refractivity contribution is 6.21. The minimum Gasteiger partial charge on any atom is -0.465 e. The van der Waals surface area contributed by atoms with Gasteiger partial charge in [0.25, 0.3) is 0 Å². The number of rotatable bonds is 3. The number of hydrogen-bond acceptors (Lipinski definition) is 3. The third-order valence-corrected chi connectivity index (χ3v) is 2.32. The van der Waals surface area contributed by atoms with E-state index in [1.54, 1.807) is 6.92 Å². The minimum absolute atomic E-state index is 0.105. The maximum Gasteiger partial charge on any atom is 0.341 e. The van der Waals surface area contributed by atoms with Crippen molar-refractivity contribution >= 4 is 17.3 Å². The maximum atomic E-state index is 11.5. The molecule has 16 heavy (non-hydrogen) atoms. The standard InChI is InChI=1S/C13H14O3/c1-9(11-7-5-4-6-8-11)12(10(2)14)13(15)16-3/h4-8H,1-3H3/b12-9-. The van der Waals surface area contributed by atoms with E-state index in [4.69, 9.17) is 0 Å². The van der Waals surface area contributed by atoms with E-state index < -0.39 is 5.97 Å². The Bertz CT molecular complexity index is 430. The Hall–Kier alpha value is -1.90.